The second kappa shape index (κ2) is 6.85. The van der Waals surface area contributed by atoms with E-state index in [4.69, 9.17) is 0 Å². The van der Waals surface area contributed by atoms with Crippen LogP contribution in [0.4, 0.5) is 4.39 Å². The summed E-state index contributed by atoms with van der Waals surface area (Å²) in [4.78, 5) is 1.09. The van der Waals surface area contributed by atoms with Crippen molar-refractivity contribution < 1.29 is 4.39 Å². The summed E-state index contributed by atoms with van der Waals surface area (Å²) < 4.78 is 12.2. The molecular formula is C11H16FNS. The van der Waals surface area contributed by atoms with Crippen molar-refractivity contribution in [3.63, 3.8) is 0 Å². The van der Waals surface area contributed by atoms with Crippen molar-refractivity contribution >= 4 is 11.8 Å². The summed E-state index contributed by atoms with van der Waals surface area (Å²) >= 11 is 1.61. The van der Waals surface area contributed by atoms with Crippen LogP contribution in [-0.4, -0.2) is 19.3 Å². The van der Waals surface area contributed by atoms with Crippen molar-refractivity contribution in [2.45, 2.75) is 17.7 Å². The van der Waals surface area contributed by atoms with Crippen LogP contribution in [0.2, 0.25) is 0 Å². The highest BCUT2D eigenvalue weighted by atomic mass is 32.2. The molecule has 1 aliphatic heterocycles. The Bertz CT molecular complexity index is 236. The van der Waals surface area contributed by atoms with Crippen molar-refractivity contribution in [3.8, 4) is 0 Å². The number of halogens is 1. The molecule has 1 fully saturated rings. The topological polar surface area (TPSA) is 12.0 Å². The molecule has 0 spiro atoms. The Hall–Kier alpha value is -0.540. The third-order valence-corrected chi connectivity index (χ3v) is 2.75. The number of nitrogens with one attached hydrogen (secondary N) is 1. The first kappa shape index (κ1) is 11.5. The van der Waals surface area contributed by atoms with Crippen LogP contribution in [0.15, 0.2) is 29.2 Å². The van der Waals surface area contributed by atoms with Crippen LogP contribution in [-0.2, 0) is 0 Å². The van der Waals surface area contributed by atoms with Gasteiger partial charge in [-0.25, -0.2) is 4.39 Å². The van der Waals surface area contributed by atoms with Crippen LogP contribution >= 0.6 is 11.8 Å². The molecule has 0 unspecified atom stereocenters. The fourth-order valence-corrected chi connectivity index (χ4v) is 1.60. The normalized spacial score (nSPS) is 14.7. The molecule has 1 saturated heterocycles. The first-order valence-corrected chi connectivity index (χ1v) is 6.05. The van der Waals surface area contributed by atoms with Gasteiger partial charge in [-0.3, -0.25) is 0 Å². The van der Waals surface area contributed by atoms with E-state index in [-0.39, 0.29) is 5.82 Å². The molecule has 2 rings (SSSR count). The fourth-order valence-electron chi connectivity index (χ4n) is 1.20. The summed E-state index contributed by atoms with van der Waals surface area (Å²) in [6, 6.07) is 6.46. The van der Waals surface area contributed by atoms with Gasteiger partial charge in [0.15, 0.2) is 0 Å². The van der Waals surface area contributed by atoms with Gasteiger partial charge in [-0.1, -0.05) is 0 Å². The van der Waals surface area contributed by atoms with Crippen LogP contribution in [0.3, 0.4) is 0 Å². The molecular weight excluding hydrogens is 197 g/mol. The average molecular weight is 213 g/mol. The van der Waals surface area contributed by atoms with Gasteiger partial charge in [-0.2, -0.15) is 0 Å². The molecule has 3 heteroatoms. The van der Waals surface area contributed by atoms with E-state index in [1.54, 1.807) is 23.9 Å². The molecule has 1 aliphatic rings. The number of hydrogen-bond acceptors (Lipinski definition) is 2. The summed E-state index contributed by atoms with van der Waals surface area (Å²) in [5, 5.41) is 3.22. The molecule has 1 heterocycles. The summed E-state index contributed by atoms with van der Waals surface area (Å²) in [7, 11) is 0. The van der Waals surface area contributed by atoms with Crippen molar-refractivity contribution in [3.05, 3.63) is 30.1 Å². The molecule has 0 bridgehead atoms. The van der Waals surface area contributed by atoms with E-state index in [0.717, 1.165) is 4.90 Å². The van der Waals surface area contributed by atoms with Crippen LogP contribution < -0.4 is 5.32 Å². The Balaban J connectivity index is 0.000000165. The summed E-state index contributed by atoms with van der Waals surface area (Å²) in [5.41, 5.74) is 0. The molecule has 0 amide bonds. The van der Waals surface area contributed by atoms with Gasteiger partial charge in [-0.15, -0.1) is 11.8 Å². The predicted octanol–water partition coefficient (Wildman–Crippen LogP) is 2.92. The lowest BCUT2D eigenvalue weighted by molar-refractivity contribution is 0.626. The molecule has 14 heavy (non-hydrogen) atoms. The molecule has 0 aromatic heterocycles. The minimum Gasteiger partial charge on any atom is -0.317 e. The summed E-state index contributed by atoms with van der Waals surface area (Å²) in [5.74, 6) is -0.173. The minimum absolute atomic E-state index is 0.173. The van der Waals surface area contributed by atoms with Gasteiger partial charge in [-0.05, 0) is 56.5 Å². The Labute approximate surface area is 89.1 Å². The van der Waals surface area contributed by atoms with Gasteiger partial charge in [0.2, 0.25) is 0 Å². The Morgan fingerprint density at radius 2 is 1.71 bits per heavy atom. The maximum atomic E-state index is 12.2. The fraction of sp³-hybridized carbons (Fsp3) is 0.455. The van der Waals surface area contributed by atoms with Crippen LogP contribution in [0.1, 0.15) is 12.8 Å². The Morgan fingerprint density at radius 3 is 2.07 bits per heavy atom. The predicted molar refractivity (Wildman–Crippen MR) is 60.3 cm³/mol. The number of thioether (sulfide) groups is 1. The highest BCUT2D eigenvalue weighted by Gasteiger charge is 1.93. The highest BCUT2D eigenvalue weighted by molar-refractivity contribution is 7.98. The quantitative estimate of drug-likeness (QED) is 0.720. The second-order valence-electron chi connectivity index (χ2n) is 3.12. The third kappa shape index (κ3) is 4.63. The molecule has 0 atom stereocenters. The van der Waals surface area contributed by atoms with E-state index in [1.807, 2.05) is 6.26 Å². The highest BCUT2D eigenvalue weighted by Crippen LogP contribution is 2.13. The zero-order valence-corrected chi connectivity index (χ0v) is 9.24. The van der Waals surface area contributed by atoms with Gasteiger partial charge < -0.3 is 5.32 Å². The zero-order chi connectivity index (χ0) is 10.2. The molecule has 78 valence electrons. The van der Waals surface area contributed by atoms with E-state index >= 15 is 0 Å². The van der Waals surface area contributed by atoms with Crippen molar-refractivity contribution in [2.24, 2.45) is 0 Å². The number of hydrogen-bond donors (Lipinski definition) is 1. The lowest BCUT2D eigenvalue weighted by atomic mass is 10.4. The van der Waals surface area contributed by atoms with Gasteiger partial charge in [0.25, 0.3) is 0 Å². The minimum atomic E-state index is -0.173. The molecule has 1 N–H and O–H groups in total. The van der Waals surface area contributed by atoms with Crippen LogP contribution in [0.5, 0.6) is 0 Å². The SMILES string of the molecule is C1CCNC1.CSc1ccc(F)cc1. The van der Waals surface area contributed by atoms with Gasteiger partial charge in [0.05, 0.1) is 0 Å². The largest absolute Gasteiger partial charge is 0.317 e. The van der Waals surface area contributed by atoms with Crippen molar-refractivity contribution in [1.82, 2.24) is 5.32 Å². The maximum Gasteiger partial charge on any atom is 0.123 e. The van der Waals surface area contributed by atoms with E-state index in [9.17, 15) is 4.39 Å². The smallest absolute Gasteiger partial charge is 0.123 e. The van der Waals surface area contributed by atoms with Crippen LogP contribution in [0, 0.1) is 5.82 Å². The third-order valence-electron chi connectivity index (χ3n) is 2.01. The van der Waals surface area contributed by atoms with E-state index < -0.39 is 0 Å². The maximum absolute atomic E-state index is 12.2. The van der Waals surface area contributed by atoms with Gasteiger partial charge in [0.1, 0.15) is 5.82 Å². The number of benzene rings is 1. The average Bonchev–Trinajstić information content (AvgIpc) is 2.77. The Morgan fingerprint density at radius 1 is 1.14 bits per heavy atom. The van der Waals surface area contributed by atoms with Crippen molar-refractivity contribution in [1.29, 1.82) is 0 Å². The lowest BCUT2D eigenvalue weighted by Crippen LogP contribution is -2.03. The summed E-state index contributed by atoms with van der Waals surface area (Å²) in [6.45, 7) is 2.50. The summed E-state index contributed by atoms with van der Waals surface area (Å²) in [6.07, 6.45) is 4.74. The lowest BCUT2D eigenvalue weighted by Gasteiger charge is -1.91. The monoisotopic (exact) mass is 213 g/mol. The Kier molecular flexibility index (Phi) is 5.64. The van der Waals surface area contributed by atoms with E-state index in [0.29, 0.717) is 0 Å². The van der Waals surface area contributed by atoms with Crippen LogP contribution in [0.25, 0.3) is 0 Å². The van der Waals surface area contributed by atoms with E-state index in [1.165, 1.54) is 38.1 Å². The molecule has 0 saturated carbocycles. The standard InChI is InChI=1S/C7H7FS.C4H9N/c1-9-7-4-2-6(8)3-5-7;1-2-4-5-3-1/h2-5H,1H3;5H,1-4H2. The van der Waals surface area contributed by atoms with E-state index in [2.05, 4.69) is 5.32 Å². The zero-order valence-electron chi connectivity index (χ0n) is 8.42. The molecule has 0 aliphatic carbocycles. The first-order chi connectivity index (χ1) is 6.83. The molecule has 0 radical (unpaired) electrons. The molecule has 1 nitrogen and oxygen atoms in total. The van der Waals surface area contributed by atoms with Gasteiger partial charge in [0, 0.05) is 4.90 Å². The van der Waals surface area contributed by atoms with Gasteiger partial charge >= 0.3 is 0 Å². The van der Waals surface area contributed by atoms with Crippen molar-refractivity contribution in [2.75, 3.05) is 19.3 Å². The number of rotatable bonds is 1. The first-order valence-electron chi connectivity index (χ1n) is 4.83. The molecule has 1 aromatic carbocycles. The molecule has 1 aromatic rings. The second-order valence-corrected chi connectivity index (χ2v) is 3.99.